The van der Waals surface area contributed by atoms with E-state index in [0.29, 0.717) is 60.5 Å². The van der Waals surface area contributed by atoms with Gasteiger partial charge in [0.15, 0.2) is 34.8 Å². The van der Waals surface area contributed by atoms with Gasteiger partial charge in [0.2, 0.25) is 5.95 Å². The molecule has 0 amide bonds. The molecular formula is C22H27N7O4. The highest BCUT2D eigenvalue weighted by molar-refractivity contribution is 5.86. The maximum Gasteiger partial charge on any atom is 0.224 e. The smallest absolute Gasteiger partial charge is 0.224 e. The van der Waals surface area contributed by atoms with E-state index in [4.69, 9.17) is 29.7 Å². The Morgan fingerprint density at radius 2 is 1.91 bits per heavy atom. The molecule has 2 aromatic heterocycles. The van der Waals surface area contributed by atoms with E-state index in [0.717, 1.165) is 12.1 Å². The molecule has 1 unspecified atom stereocenters. The van der Waals surface area contributed by atoms with Crippen LogP contribution in [0.15, 0.2) is 24.4 Å². The van der Waals surface area contributed by atoms with Gasteiger partial charge in [-0.15, -0.1) is 0 Å². The zero-order valence-corrected chi connectivity index (χ0v) is 18.9. The number of anilines is 2. The lowest BCUT2D eigenvalue weighted by Crippen LogP contribution is -2.66. The lowest BCUT2D eigenvalue weighted by atomic mass is 9.96. The molecule has 11 heteroatoms. The standard InChI is InChI=1S/C22H27N7O4/c1-22(20-32-8-9-33-20)12-24-6-7-29(22)19-17-18(27-21(23)28-19)25-11-14(26-17)13-4-5-15(30-2)16(10-13)31-3/h4-5,10-11,20,24H,6-9,12H2,1-3H3,(H2,23,25,27,28). The number of hydrogen-bond acceptors (Lipinski definition) is 11. The molecule has 3 N–H and O–H groups in total. The third kappa shape index (κ3) is 3.77. The highest BCUT2D eigenvalue weighted by Gasteiger charge is 2.46. The second-order valence-corrected chi connectivity index (χ2v) is 8.16. The first-order valence-electron chi connectivity index (χ1n) is 10.8. The molecule has 2 saturated heterocycles. The van der Waals surface area contributed by atoms with Crippen LogP contribution in [0.3, 0.4) is 0 Å². The van der Waals surface area contributed by atoms with Gasteiger partial charge >= 0.3 is 0 Å². The number of nitrogens with two attached hydrogens (primary N) is 1. The maximum atomic E-state index is 6.07. The molecule has 2 fully saturated rings. The maximum absolute atomic E-state index is 6.07. The zero-order valence-electron chi connectivity index (χ0n) is 18.9. The molecule has 0 saturated carbocycles. The molecule has 0 radical (unpaired) electrons. The summed E-state index contributed by atoms with van der Waals surface area (Å²) in [5.41, 5.74) is 8.03. The molecule has 3 aromatic rings. The Morgan fingerprint density at radius 3 is 2.67 bits per heavy atom. The fourth-order valence-corrected chi connectivity index (χ4v) is 4.39. The van der Waals surface area contributed by atoms with Crippen molar-refractivity contribution in [2.45, 2.75) is 18.8 Å². The normalized spacial score (nSPS) is 21.5. The molecule has 0 bridgehead atoms. The largest absolute Gasteiger partial charge is 0.493 e. The molecule has 2 aliphatic rings. The molecule has 174 valence electrons. The SMILES string of the molecule is COc1ccc(-c2cnc3nc(N)nc(N4CCNCC4(C)C4OCCO4)c3n2)cc1OC. The second kappa shape index (κ2) is 8.58. The number of nitrogens with one attached hydrogen (secondary N) is 1. The third-order valence-electron chi connectivity index (χ3n) is 6.08. The summed E-state index contributed by atoms with van der Waals surface area (Å²) in [6, 6.07) is 5.61. The average Bonchev–Trinajstić information content (AvgIpc) is 3.39. The van der Waals surface area contributed by atoms with Crippen LogP contribution in [0.2, 0.25) is 0 Å². The highest BCUT2D eigenvalue weighted by atomic mass is 16.7. The van der Waals surface area contributed by atoms with Gasteiger partial charge in [0.1, 0.15) is 5.54 Å². The van der Waals surface area contributed by atoms with Crippen molar-refractivity contribution in [2.24, 2.45) is 0 Å². The van der Waals surface area contributed by atoms with Crippen molar-refractivity contribution in [3.8, 4) is 22.8 Å². The van der Waals surface area contributed by atoms with Crippen molar-refractivity contribution < 1.29 is 18.9 Å². The quantitative estimate of drug-likeness (QED) is 0.578. The van der Waals surface area contributed by atoms with Gasteiger partial charge in [-0.05, 0) is 25.1 Å². The number of benzene rings is 1. The van der Waals surface area contributed by atoms with Crippen molar-refractivity contribution in [2.75, 3.05) is 57.7 Å². The van der Waals surface area contributed by atoms with Crippen LogP contribution >= 0.6 is 0 Å². The van der Waals surface area contributed by atoms with E-state index in [1.807, 2.05) is 18.2 Å². The minimum Gasteiger partial charge on any atom is -0.493 e. The summed E-state index contributed by atoms with van der Waals surface area (Å²) in [7, 11) is 3.20. The van der Waals surface area contributed by atoms with Gasteiger partial charge < -0.3 is 34.9 Å². The summed E-state index contributed by atoms with van der Waals surface area (Å²) in [6.07, 6.45) is 1.26. The Balaban J connectivity index is 1.63. The molecule has 11 nitrogen and oxygen atoms in total. The molecule has 33 heavy (non-hydrogen) atoms. The number of rotatable bonds is 5. The average molecular weight is 454 g/mol. The van der Waals surface area contributed by atoms with E-state index in [-0.39, 0.29) is 5.95 Å². The van der Waals surface area contributed by atoms with Crippen molar-refractivity contribution in [3.63, 3.8) is 0 Å². The first kappa shape index (κ1) is 21.6. The molecule has 2 aliphatic heterocycles. The molecular weight excluding hydrogens is 426 g/mol. The third-order valence-corrected chi connectivity index (χ3v) is 6.08. The Bertz CT molecular complexity index is 1170. The Labute approximate surface area is 191 Å². The van der Waals surface area contributed by atoms with E-state index in [1.54, 1.807) is 20.4 Å². The summed E-state index contributed by atoms with van der Waals surface area (Å²) < 4.78 is 22.6. The fourth-order valence-electron chi connectivity index (χ4n) is 4.39. The second-order valence-electron chi connectivity index (χ2n) is 8.16. The molecule has 0 spiro atoms. The van der Waals surface area contributed by atoms with Gasteiger partial charge in [0, 0.05) is 25.2 Å². The van der Waals surface area contributed by atoms with Gasteiger partial charge in [-0.3, -0.25) is 0 Å². The van der Waals surface area contributed by atoms with Gasteiger partial charge in [-0.1, -0.05) is 0 Å². The first-order valence-corrected chi connectivity index (χ1v) is 10.8. The Kier molecular flexibility index (Phi) is 5.60. The highest BCUT2D eigenvalue weighted by Crippen LogP contribution is 2.36. The van der Waals surface area contributed by atoms with E-state index in [2.05, 4.69) is 32.1 Å². The number of nitrogens with zero attached hydrogens (tertiary/aromatic N) is 5. The molecule has 4 heterocycles. The lowest BCUT2D eigenvalue weighted by molar-refractivity contribution is -0.0942. The number of hydrogen-bond donors (Lipinski definition) is 2. The van der Waals surface area contributed by atoms with Crippen molar-refractivity contribution in [1.29, 1.82) is 0 Å². The monoisotopic (exact) mass is 453 g/mol. The van der Waals surface area contributed by atoms with Crippen molar-refractivity contribution >= 4 is 22.9 Å². The Morgan fingerprint density at radius 1 is 1.12 bits per heavy atom. The van der Waals surface area contributed by atoms with Crippen molar-refractivity contribution in [1.82, 2.24) is 25.3 Å². The van der Waals surface area contributed by atoms with Crippen LogP contribution in [0.1, 0.15) is 6.92 Å². The number of aromatic nitrogens is 4. The number of piperazine rings is 1. The van der Waals surface area contributed by atoms with E-state index >= 15 is 0 Å². The zero-order chi connectivity index (χ0) is 23.0. The van der Waals surface area contributed by atoms with Crippen LogP contribution in [0.25, 0.3) is 22.4 Å². The van der Waals surface area contributed by atoms with Crippen LogP contribution in [-0.4, -0.2) is 78.8 Å². The molecule has 1 atom stereocenters. The molecule has 0 aliphatic carbocycles. The Hall–Kier alpha value is -3.28. The van der Waals surface area contributed by atoms with Gasteiger partial charge in [0.25, 0.3) is 0 Å². The van der Waals surface area contributed by atoms with Crippen LogP contribution in [0.4, 0.5) is 11.8 Å². The number of methoxy groups -OCH3 is 2. The summed E-state index contributed by atoms with van der Waals surface area (Å²) >= 11 is 0. The summed E-state index contributed by atoms with van der Waals surface area (Å²) in [5.74, 6) is 1.99. The minimum atomic E-state index is -0.510. The van der Waals surface area contributed by atoms with E-state index in [1.165, 1.54) is 0 Å². The molecule has 1 aromatic carbocycles. The van der Waals surface area contributed by atoms with Gasteiger partial charge in [-0.2, -0.15) is 9.97 Å². The van der Waals surface area contributed by atoms with Crippen molar-refractivity contribution in [3.05, 3.63) is 24.4 Å². The summed E-state index contributed by atoms with van der Waals surface area (Å²) in [6.45, 7) is 5.31. The van der Waals surface area contributed by atoms with Gasteiger partial charge in [0.05, 0.1) is 39.3 Å². The molecule has 5 rings (SSSR count). The predicted octanol–water partition coefficient (Wildman–Crippen LogP) is 1.23. The first-order chi connectivity index (χ1) is 16.0. The van der Waals surface area contributed by atoms with E-state index in [9.17, 15) is 0 Å². The summed E-state index contributed by atoms with van der Waals surface area (Å²) in [4.78, 5) is 20.5. The number of ether oxygens (including phenoxy) is 4. The minimum absolute atomic E-state index is 0.139. The lowest BCUT2D eigenvalue weighted by Gasteiger charge is -2.47. The number of fused-ring (bicyclic) bond motifs is 1. The van der Waals surface area contributed by atoms with Crippen LogP contribution in [0, 0.1) is 0 Å². The topological polar surface area (TPSA) is 130 Å². The van der Waals surface area contributed by atoms with E-state index < -0.39 is 11.8 Å². The van der Waals surface area contributed by atoms with Crippen LogP contribution < -0.4 is 25.4 Å². The number of nitrogen functional groups attached to an aromatic ring is 1. The fraction of sp³-hybridized carbons (Fsp3) is 0.455. The summed E-state index contributed by atoms with van der Waals surface area (Å²) in [5, 5.41) is 3.44. The predicted molar refractivity (Wildman–Crippen MR) is 122 cm³/mol. The van der Waals surface area contributed by atoms with Crippen LogP contribution in [0.5, 0.6) is 11.5 Å². The van der Waals surface area contributed by atoms with Gasteiger partial charge in [-0.25, -0.2) is 9.97 Å². The van der Waals surface area contributed by atoms with Crippen LogP contribution in [-0.2, 0) is 9.47 Å².